The molecular formula is C17H21FN2O4. The Morgan fingerprint density at radius 2 is 1.83 bits per heavy atom. The Labute approximate surface area is 139 Å². The molecule has 0 unspecified atom stereocenters. The Kier molecular flexibility index (Phi) is 5.11. The van der Waals surface area contributed by atoms with E-state index in [9.17, 15) is 14.0 Å². The molecule has 1 aliphatic heterocycles. The summed E-state index contributed by atoms with van der Waals surface area (Å²) in [5.41, 5.74) is 0.359. The van der Waals surface area contributed by atoms with E-state index in [0.29, 0.717) is 12.3 Å². The number of hydrogen-bond donors (Lipinski definition) is 2. The van der Waals surface area contributed by atoms with E-state index in [0.717, 1.165) is 25.7 Å². The van der Waals surface area contributed by atoms with Gasteiger partial charge in [-0.1, -0.05) is 6.42 Å². The van der Waals surface area contributed by atoms with Crippen LogP contribution in [0, 0.1) is 5.82 Å². The Balaban J connectivity index is 1.43. The van der Waals surface area contributed by atoms with Crippen molar-refractivity contribution in [2.45, 2.75) is 44.0 Å². The quantitative estimate of drug-likeness (QED) is 0.827. The highest BCUT2D eigenvalue weighted by Gasteiger charge is 2.42. The summed E-state index contributed by atoms with van der Waals surface area (Å²) in [6, 6.07) is 5.20. The second kappa shape index (κ2) is 7.27. The molecule has 1 aromatic rings. The smallest absolute Gasteiger partial charge is 0.313 e. The minimum atomic E-state index is -0.798. The van der Waals surface area contributed by atoms with E-state index in [1.54, 1.807) is 0 Å². The van der Waals surface area contributed by atoms with E-state index in [2.05, 4.69) is 10.6 Å². The molecule has 1 atom stereocenters. The Hall–Kier alpha value is -1.99. The number of ether oxygens (including phenoxy) is 2. The van der Waals surface area contributed by atoms with Crippen LogP contribution < -0.4 is 10.6 Å². The zero-order chi connectivity index (χ0) is 17.0. The SMILES string of the molecule is O=C(NC[C@@H]1COC2(CCCCC2)O1)C(=O)Nc1ccc(F)cc1. The maximum absolute atomic E-state index is 12.8. The van der Waals surface area contributed by atoms with Crippen molar-refractivity contribution in [3.63, 3.8) is 0 Å². The lowest BCUT2D eigenvalue weighted by molar-refractivity contribution is -0.186. The van der Waals surface area contributed by atoms with Gasteiger partial charge in [-0.2, -0.15) is 0 Å². The summed E-state index contributed by atoms with van der Waals surface area (Å²) in [6.07, 6.45) is 4.87. The number of carbonyl (C=O) groups excluding carboxylic acids is 2. The van der Waals surface area contributed by atoms with Crippen molar-refractivity contribution in [2.75, 3.05) is 18.5 Å². The van der Waals surface area contributed by atoms with Crippen LogP contribution in [0.1, 0.15) is 32.1 Å². The van der Waals surface area contributed by atoms with Crippen LogP contribution in [-0.4, -0.2) is 36.9 Å². The van der Waals surface area contributed by atoms with Crippen LogP contribution in [0.2, 0.25) is 0 Å². The van der Waals surface area contributed by atoms with Gasteiger partial charge in [0.25, 0.3) is 0 Å². The van der Waals surface area contributed by atoms with Gasteiger partial charge in [0.05, 0.1) is 6.61 Å². The van der Waals surface area contributed by atoms with E-state index >= 15 is 0 Å². The first-order chi connectivity index (χ1) is 11.6. The van der Waals surface area contributed by atoms with E-state index in [1.165, 1.54) is 30.7 Å². The summed E-state index contributed by atoms with van der Waals surface area (Å²) in [5.74, 6) is -2.46. The first-order valence-corrected chi connectivity index (χ1v) is 8.23. The number of hydrogen-bond acceptors (Lipinski definition) is 4. The van der Waals surface area contributed by atoms with Gasteiger partial charge in [0, 0.05) is 25.1 Å². The number of nitrogens with one attached hydrogen (secondary N) is 2. The first-order valence-electron chi connectivity index (χ1n) is 8.23. The normalized spacial score (nSPS) is 22.3. The van der Waals surface area contributed by atoms with Crippen LogP contribution in [-0.2, 0) is 19.1 Å². The van der Waals surface area contributed by atoms with Crippen molar-refractivity contribution in [3.8, 4) is 0 Å². The van der Waals surface area contributed by atoms with Gasteiger partial charge in [0.15, 0.2) is 5.79 Å². The monoisotopic (exact) mass is 336 g/mol. The number of amides is 2. The number of rotatable bonds is 3. The molecule has 1 aromatic carbocycles. The van der Waals surface area contributed by atoms with Crippen LogP contribution in [0.15, 0.2) is 24.3 Å². The van der Waals surface area contributed by atoms with Crippen molar-refractivity contribution in [2.24, 2.45) is 0 Å². The molecule has 1 saturated heterocycles. The minimum Gasteiger partial charge on any atom is -0.347 e. The fraction of sp³-hybridized carbons (Fsp3) is 0.529. The third-order valence-corrected chi connectivity index (χ3v) is 4.33. The second-order valence-corrected chi connectivity index (χ2v) is 6.19. The predicted molar refractivity (Wildman–Crippen MR) is 84.7 cm³/mol. The Morgan fingerprint density at radius 1 is 1.12 bits per heavy atom. The Morgan fingerprint density at radius 3 is 2.54 bits per heavy atom. The lowest BCUT2D eigenvalue weighted by atomic mass is 9.94. The molecule has 1 aliphatic carbocycles. The predicted octanol–water partition coefficient (Wildman–Crippen LogP) is 1.96. The fourth-order valence-corrected chi connectivity index (χ4v) is 3.08. The molecular weight excluding hydrogens is 315 g/mol. The van der Waals surface area contributed by atoms with Crippen LogP contribution in [0.3, 0.4) is 0 Å². The minimum absolute atomic E-state index is 0.220. The lowest BCUT2D eigenvalue weighted by Crippen LogP contribution is -2.41. The third kappa shape index (κ3) is 4.10. The van der Waals surface area contributed by atoms with Crippen LogP contribution >= 0.6 is 0 Å². The van der Waals surface area contributed by atoms with E-state index in [1.807, 2.05) is 0 Å². The van der Waals surface area contributed by atoms with Gasteiger partial charge in [0.1, 0.15) is 11.9 Å². The summed E-state index contributed by atoms with van der Waals surface area (Å²) in [5, 5.41) is 4.96. The molecule has 3 rings (SSSR count). The fourth-order valence-electron chi connectivity index (χ4n) is 3.08. The zero-order valence-electron chi connectivity index (χ0n) is 13.3. The molecule has 6 nitrogen and oxygen atoms in total. The average molecular weight is 336 g/mol. The molecule has 2 aliphatic rings. The Bertz CT molecular complexity index is 599. The largest absolute Gasteiger partial charge is 0.347 e. The molecule has 0 bridgehead atoms. The maximum Gasteiger partial charge on any atom is 0.313 e. The maximum atomic E-state index is 12.8. The van der Waals surface area contributed by atoms with Crippen molar-refractivity contribution in [3.05, 3.63) is 30.1 Å². The highest BCUT2D eigenvalue weighted by atomic mass is 19.1. The van der Waals surface area contributed by atoms with Crippen molar-refractivity contribution in [1.82, 2.24) is 5.32 Å². The molecule has 0 radical (unpaired) electrons. The number of benzene rings is 1. The highest BCUT2D eigenvalue weighted by Crippen LogP contribution is 2.37. The van der Waals surface area contributed by atoms with Gasteiger partial charge < -0.3 is 20.1 Å². The summed E-state index contributed by atoms with van der Waals surface area (Å²) >= 11 is 0. The molecule has 24 heavy (non-hydrogen) atoms. The molecule has 1 heterocycles. The van der Waals surface area contributed by atoms with Gasteiger partial charge in [0.2, 0.25) is 0 Å². The molecule has 0 aromatic heterocycles. The average Bonchev–Trinajstić information content (AvgIpc) is 2.98. The summed E-state index contributed by atoms with van der Waals surface area (Å²) in [4.78, 5) is 23.7. The number of carbonyl (C=O) groups is 2. The topological polar surface area (TPSA) is 76.7 Å². The molecule has 2 N–H and O–H groups in total. The molecule has 7 heteroatoms. The molecule has 2 amide bonds. The first kappa shape index (κ1) is 16.9. The van der Waals surface area contributed by atoms with Crippen LogP contribution in [0.4, 0.5) is 10.1 Å². The summed E-state index contributed by atoms with van der Waals surface area (Å²) < 4.78 is 24.5. The standard InChI is InChI=1S/C17H21FN2O4/c18-12-4-6-13(7-5-12)20-16(22)15(21)19-10-14-11-23-17(24-14)8-2-1-3-9-17/h4-7,14H,1-3,8-11H2,(H,19,21)(H,20,22)/t14-/m1/s1. The zero-order valence-corrected chi connectivity index (χ0v) is 13.3. The van der Waals surface area contributed by atoms with Crippen molar-refractivity contribution >= 4 is 17.5 Å². The molecule has 1 saturated carbocycles. The number of halogens is 1. The van der Waals surface area contributed by atoms with Crippen molar-refractivity contribution < 1.29 is 23.5 Å². The number of anilines is 1. The van der Waals surface area contributed by atoms with E-state index in [4.69, 9.17) is 9.47 Å². The van der Waals surface area contributed by atoms with Gasteiger partial charge in [-0.15, -0.1) is 0 Å². The van der Waals surface area contributed by atoms with Gasteiger partial charge in [-0.25, -0.2) is 4.39 Å². The lowest BCUT2D eigenvalue weighted by Gasteiger charge is -2.31. The van der Waals surface area contributed by atoms with Gasteiger partial charge in [-0.3, -0.25) is 9.59 Å². The molecule has 130 valence electrons. The summed E-state index contributed by atoms with van der Waals surface area (Å²) in [6.45, 7) is 0.636. The van der Waals surface area contributed by atoms with Crippen molar-refractivity contribution in [1.29, 1.82) is 0 Å². The molecule has 2 fully saturated rings. The van der Waals surface area contributed by atoms with E-state index < -0.39 is 23.4 Å². The van der Waals surface area contributed by atoms with E-state index in [-0.39, 0.29) is 12.6 Å². The highest BCUT2D eigenvalue weighted by molar-refractivity contribution is 6.39. The van der Waals surface area contributed by atoms with Crippen LogP contribution in [0.5, 0.6) is 0 Å². The third-order valence-electron chi connectivity index (χ3n) is 4.33. The van der Waals surface area contributed by atoms with Crippen LogP contribution in [0.25, 0.3) is 0 Å². The summed E-state index contributed by atoms with van der Waals surface area (Å²) in [7, 11) is 0. The second-order valence-electron chi connectivity index (χ2n) is 6.19. The molecule has 1 spiro atoms. The van der Waals surface area contributed by atoms with Gasteiger partial charge in [-0.05, 0) is 37.1 Å². The van der Waals surface area contributed by atoms with Gasteiger partial charge >= 0.3 is 11.8 Å².